The maximum atomic E-state index is 12.5. The van der Waals surface area contributed by atoms with E-state index in [4.69, 9.17) is 4.74 Å². The van der Waals surface area contributed by atoms with Crippen molar-refractivity contribution in [3.63, 3.8) is 0 Å². The van der Waals surface area contributed by atoms with E-state index >= 15 is 0 Å². The molecular formula is C26H36O2S. The van der Waals surface area contributed by atoms with Crippen molar-refractivity contribution in [2.75, 3.05) is 6.61 Å². The van der Waals surface area contributed by atoms with Crippen molar-refractivity contribution in [2.24, 2.45) is 0 Å². The first-order valence-corrected chi connectivity index (χ1v) is 12.1. The second-order valence-corrected chi connectivity index (χ2v) is 8.68. The van der Waals surface area contributed by atoms with Crippen LogP contribution in [0.15, 0.2) is 53.4 Å². The predicted molar refractivity (Wildman–Crippen MR) is 125 cm³/mol. The normalized spacial score (nSPS) is 10.8. The molecule has 0 bridgehead atoms. The Hall–Kier alpha value is -1.74. The zero-order valence-electron chi connectivity index (χ0n) is 18.1. The highest BCUT2D eigenvalue weighted by molar-refractivity contribution is 8.14. The predicted octanol–water partition coefficient (Wildman–Crippen LogP) is 8.09. The minimum absolute atomic E-state index is 0.0752. The summed E-state index contributed by atoms with van der Waals surface area (Å²) < 4.78 is 5.72. The molecule has 0 amide bonds. The molecule has 0 unspecified atom stereocenters. The summed E-state index contributed by atoms with van der Waals surface area (Å²) in [5, 5.41) is 0.0752. The summed E-state index contributed by atoms with van der Waals surface area (Å²) in [6, 6.07) is 16.0. The molecule has 2 aromatic rings. The third-order valence-electron chi connectivity index (χ3n) is 5.06. The summed E-state index contributed by atoms with van der Waals surface area (Å²) in [6.45, 7) is 5.17. The smallest absolute Gasteiger partial charge is 0.224 e. The van der Waals surface area contributed by atoms with Crippen LogP contribution in [0.25, 0.3) is 0 Å². The van der Waals surface area contributed by atoms with Gasteiger partial charge in [0.1, 0.15) is 5.75 Å². The molecule has 0 fully saturated rings. The lowest BCUT2D eigenvalue weighted by molar-refractivity contribution is 0.108. The van der Waals surface area contributed by atoms with Crippen molar-refractivity contribution in [3.05, 3.63) is 59.7 Å². The Morgan fingerprint density at radius 3 is 2.07 bits per heavy atom. The molecule has 158 valence electrons. The van der Waals surface area contributed by atoms with E-state index in [0.29, 0.717) is 5.56 Å². The van der Waals surface area contributed by atoms with Crippen LogP contribution in [0, 0.1) is 0 Å². The molecule has 2 rings (SSSR count). The van der Waals surface area contributed by atoms with Crippen LogP contribution < -0.4 is 4.74 Å². The lowest BCUT2D eigenvalue weighted by atomic mass is 10.1. The van der Waals surface area contributed by atoms with Gasteiger partial charge in [-0.15, -0.1) is 0 Å². The molecule has 0 aliphatic heterocycles. The fraction of sp³-hybridized carbons (Fsp3) is 0.500. The Kier molecular flexibility index (Phi) is 11.6. The number of benzene rings is 2. The van der Waals surface area contributed by atoms with Crippen molar-refractivity contribution in [3.8, 4) is 5.75 Å². The molecule has 2 aromatic carbocycles. The van der Waals surface area contributed by atoms with E-state index in [9.17, 15) is 4.79 Å². The average molecular weight is 413 g/mol. The van der Waals surface area contributed by atoms with Gasteiger partial charge >= 0.3 is 0 Å². The Balaban J connectivity index is 1.74. The Morgan fingerprint density at radius 1 is 0.759 bits per heavy atom. The van der Waals surface area contributed by atoms with E-state index < -0.39 is 0 Å². The van der Waals surface area contributed by atoms with Gasteiger partial charge in [0, 0.05) is 10.5 Å². The van der Waals surface area contributed by atoms with Crippen molar-refractivity contribution in [2.45, 2.75) is 83.0 Å². The Bertz CT molecular complexity index is 692. The molecule has 3 heteroatoms. The third kappa shape index (κ3) is 9.54. The van der Waals surface area contributed by atoms with E-state index in [-0.39, 0.29) is 5.12 Å². The molecule has 0 spiro atoms. The SMILES string of the molecule is CCCCCCCCc1ccc(SC(=O)c2ccc(OCCCCC)cc2)cc1. The fourth-order valence-corrected chi connectivity index (χ4v) is 3.97. The van der Waals surface area contributed by atoms with Gasteiger partial charge in [0.2, 0.25) is 5.12 Å². The lowest BCUT2D eigenvalue weighted by Gasteiger charge is -2.07. The molecule has 0 atom stereocenters. The first kappa shape index (κ1) is 23.5. The summed E-state index contributed by atoms with van der Waals surface area (Å²) in [7, 11) is 0. The van der Waals surface area contributed by atoms with Gasteiger partial charge in [0.25, 0.3) is 0 Å². The zero-order valence-corrected chi connectivity index (χ0v) is 18.9. The topological polar surface area (TPSA) is 26.3 Å². The van der Waals surface area contributed by atoms with E-state index in [1.54, 1.807) is 0 Å². The van der Waals surface area contributed by atoms with Crippen molar-refractivity contribution in [1.29, 1.82) is 0 Å². The van der Waals surface area contributed by atoms with Gasteiger partial charge in [-0.3, -0.25) is 4.79 Å². The van der Waals surface area contributed by atoms with Crippen molar-refractivity contribution < 1.29 is 9.53 Å². The van der Waals surface area contributed by atoms with E-state index in [1.807, 2.05) is 24.3 Å². The second-order valence-electron chi connectivity index (χ2n) is 7.63. The maximum absolute atomic E-state index is 12.5. The second kappa shape index (κ2) is 14.3. The monoisotopic (exact) mass is 412 g/mol. The van der Waals surface area contributed by atoms with Gasteiger partial charge < -0.3 is 4.74 Å². The van der Waals surface area contributed by atoms with Crippen molar-refractivity contribution >= 4 is 16.9 Å². The van der Waals surface area contributed by atoms with E-state index in [0.717, 1.165) is 30.1 Å². The van der Waals surface area contributed by atoms with Gasteiger partial charge in [-0.25, -0.2) is 0 Å². The maximum Gasteiger partial charge on any atom is 0.224 e. The number of unbranched alkanes of at least 4 members (excludes halogenated alkanes) is 7. The fourth-order valence-electron chi connectivity index (χ4n) is 3.23. The van der Waals surface area contributed by atoms with Crippen LogP contribution in [0.5, 0.6) is 5.75 Å². The number of hydrogen-bond donors (Lipinski definition) is 0. The lowest BCUT2D eigenvalue weighted by Crippen LogP contribution is -1.98. The number of carbonyl (C=O) groups is 1. The summed E-state index contributed by atoms with van der Waals surface area (Å²) in [4.78, 5) is 13.5. The van der Waals surface area contributed by atoms with Gasteiger partial charge in [0.15, 0.2) is 0 Å². The van der Waals surface area contributed by atoms with Crippen LogP contribution in [0.3, 0.4) is 0 Å². The molecule has 0 N–H and O–H groups in total. The number of carbonyl (C=O) groups excluding carboxylic acids is 1. The first-order valence-electron chi connectivity index (χ1n) is 11.3. The number of ether oxygens (including phenoxy) is 1. The van der Waals surface area contributed by atoms with Crippen LogP contribution in [-0.2, 0) is 6.42 Å². The molecular weight excluding hydrogens is 376 g/mol. The van der Waals surface area contributed by atoms with E-state index in [1.165, 1.54) is 68.7 Å². The first-order chi connectivity index (χ1) is 14.2. The summed E-state index contributed by atoms with van der Waals surface area (Å²) in [6.07, 6.45) is 12.5. The number of aryl methyl sites for hydroxylation is 1. The molecule has 29 heavy (non-hydrogen) atoms. The van der Waals surface area contributed by atoms with Gasteiger partial charge in [-0.2, -0.15) is 0 Å². The zero-order chi connectivity index (χ0) is 20.7. The van der Waals surface area contributed by atoms with Crippen LogP contribution in [0.1, 0.15) is 87.6 Å². The summed E-state index contributed by atoms with van der Waals surface area (Å²) in [5.74, 6) is 0.835. The standard InChI is InChI=1S/C26H36O2S/c1-3-5-7-8-9-10-12-22-13-19-25(20-14-22)29-26(27)23-15-17-24(18-16-23)28-21-11-6-4-2/h13-20H,3-12,21H2,1-2H3. The minimum atomic E-state index is 0.0752. The Morgan fingerprint density at radius 2 is 1.38 bits per heavy atom. The third-order valence-corrected chi connectivity index (χ3v) is 5.99. The highest BCUT2D eigenvalue weighted by Crippen LogP contribution is 2.25. The molecule has 0 aromatic heterocycles. The highest BCUT2D eigenvalue weighted by Gasteiger charge is 2.08. The molecule has 2 nitrogen and oxygen atoms in total. The van der Waals surface area contributed by atoms with Crippen LogP contribution in [0.2, 0.25) is 0 Å². The largest absolute Gasteiger partial charge is 0.494 e. The Labute approximate surface area is 181 Å². The molecule has 0 aliphatic rings. The van der Waals surface area contributed by atoms with Crippen molar-refractivity contribution in [1.82, 2.24) is 0 Å². The molecule has 0 heterocycles. The number of thioether (sulfide) groups is 1. The average Bonchev–Trinajstić information content (AvgIpc) is 2.75. The molecule has 0 saturated carbocycles. The quantitative estimate of drug-likeness (QED) is 0.232. The van der Waals surface area contributed by atoms with Crippen LogP contribution in [-0.4, -0.2) is 11.7 Å². The van der Waals surface area contributed by atoms with Gasteiger partial charge in [0.05, 0.1) is 6.61 Å². The molecule has 0 saturated heterocycles. The molecule has 0 aliphatic carbocycles. The van der Waals surface area contributed by atoms with Crippen LogP contribution >= 0.6 is 11.8 Å². The number of rotatable bonds is 14. The van der Waals surface area contributed by atoms with E-state index in [2.05, 4.69) is 38.1 Å². The van der Waals surface area contributed by atoms with Crippen LogP contribution in [0.4, 0.5) is 0 Å². The van der Waals surface area contributed by atoms with Gasteiger partial charge in [-0.05, 0) is 73.0 Å². The summed E-state index contributed by atoms with van der Waals surface area (Å²) >= 11 is 1.29. The summed E-state index contributed by atoms with van der Waals surface area (Å²) in [5.41, 5.74) is 2.08. The number of hydrogen-bond acceptors (Lipinski definition) is 3. The minimum Gasteiger partial charge on any atom is -0.494 e. The molecule has 0 radical (unpaired) electrons. The highest BCUT2D eigenvalue weighted by atomic mass is 32.2. The van der Waals surface area contributed by atoms with Gasteiger partial charge in [-0.1, -0.05) is 70.9 Å².